The van der Waals surface area contributed by atoms with E-state index in [1.165, 1.54) is 0 Å². The third kappa shape index (κ3) is 7.47. The van der Waals surface area contributed by atoms with E-state index in [9.17, 15) is 4.21 Å². The predicted molar refractivity (Wildman–Crippen MR) is 62.1 cm³/mol. The normalized spacial score (nSPS) is 15.8. The Morgan fingerprint density at radius 1 is 1.43 bits per heavy atom. The first-order valence-electron chi connectivity index (χ1n) is 5.10. The molecule has 0 heterocycles. The van der Waals surface area contributed by atoms with Gasteiger partial charge in [0.2, 0.25) is 0 Å². The van der Waals surface area contributed by atoms with E-state index in [1.54, 1.807) is 13.4 Å². The molecule has 2 unspecified atom stereocenters. The molecular formula is C10H23NO2S. The highest BCUT2D eigenvalue weighted by molar-refractivity contribution is 7.84. The van der Waals surface area contributed by atoms with Gasteiger partial charge in [-0.25, -0.2) is 0 Å². The fourth-order valence-electron chi connectivity index (χ4n) is 1.30. The van der Waals surface area contributed by atoms with Crippen LogP contribution < -0.4 is 5.32 Å². The number of methoxy groups -OCH3 is 1. The van der Waals surface area contributed by atoms with Crippen LogP contribution in [0.25, 0.3) is 0 Å². The maximum atomic E-state index is 10.9. The van der Waals surface area contributed by atoms with Crippen LogP contribution in [0.5, 0.6) is 0 Å². The molecular weight excluding hydrogens is 198 g/mol. The standard InChI is InChI=1S/C10H23NO2S/c1-9(2)10(5-7-13-3)11-6-8-14(4)12/h9-11H,5-8H2,1-4H3. The van der Waals surface area contributed by atoms with Crippen molar-refractivity contribution in [2.24, 2.45) is 5.92 Å². The molecule has 0 aliphatic carbocycles. The van der Waals surface area contributed by atoms with Crippen molar-refractivity contribution in [2.45, 2.75) is 26.3 Å². The van der Waals surface area contributed by atoms with Crippen LogP contribution in [0.1, 0.15) is 20.3 Å². The molecule has 1 N–H and O–H groups in total. The van der Waals surface area contributed by atoms with Crippen molar-refractivity contribution in [1.29, 1.82) is 0 Å². The van der Waals surface area contributed by atoms with E-state index in [4.69, 9.17) is 4.74 Å². The third-order valence-corrected chi connectivity index (χ3v) is 3.01. The Bertz CT molecular complexity index is 162. The molecule has 0 aromatic rings. The SMILES string of the molecule is COCCC(NCCS(C)=O)C(C)C. The highest BCUT2D eigenvalue weighted by atomic mass is 32.2. The van der Waals surface area contributed by atoms with Gasteiger partial charge in [-0.2, -0.15) is 0 Å². The summed E-state index contributed by atoms with van der Waals surface area (Å²) in [7, 11) is 1.03. The summed E-state index contributed by atoms with van der Waals surface area (Å²) >= 11 is 0. The van der Waals surface area contributed by atoms with E-state index >= 15 is 0 Å². The van der Waals surface area contributed by atoms with Crippen molar-refractivity contribution in [3.63, 3.8) is 0 Å². The van der Waals surface area contributed by atoms with Gasteiger partial charge in [0.25, 0.3) is 0 Å². The van der Waals surface area contributed by atoms with Crippen LogP contribution >= 0.6 is 0 Å². The average Bonchev–Trinajstić information content (AvgIpc) is 2.09. The van der Waals surface area contributed by atoms with E-state index in [1.807, 2.05) is 0 Å². The number of ether oxygens (including phenoxy) is 1. The number of hydrogen-bond donors (Lipinski definition) is 1. The van der Waals surface area contributed by atoms with Crippen LogP contribution in [0, 0.1) is 5.92 Å². The van der Waals surface area contributed by atoms with E-state index < -0.39 is 10.8 Å². The van der Waals surface area contributed by atoms with Gasteiger partial charge in [-0.15, -0.1) is 0 Å². The van der Waals surface area contributed by atoms with Crippen LogP contribution in [0.3, 0.4) is 0 Å². The summed E-state index contributed by atoms with van der Waals surface area (Å²) in [5.41, 5.74) is 0. The predicted octanol–water partition coefficient (Wildman–Crippen LogP) is 1.02. The van der Waals surface area contributed by atoms with E-state index in [-0.39, 0.29) is 0 Å². The summed E-state index contributed by atoms with van der Waals surface area (Å²) in [4.78, 5) is 0. The molecule has 0 rings (SSSR count). The first-order valence-corrected chi connectivity index (χ1v) is 6.83. The number of nitrogens with one attached hydrogen (secondary N) is 1. The van der Waals surface area contributed by atoms with E-state index in [2.05, 4.69) is 19.2 Å². The van der Waals surface area contributed by atoms with Crippen LogP contribution in [-0.4, -0.2) is 42.5 Å². The smallest absolute Gasteiger partial charge is 0.0477 e. The minimum Gasteiger partial charge on any atom is -0.385 e. The first kappa shape index (κ1) is 14.1. The molecule has 0 saturated heterocycles. The maximum Gasteiger partial charge on any atom is 0.0477 e. The zero-order valence-corrected chi connectivity index (χ0v) is 10.5. The Balaban J connectivity index is 3.67. The van der Waals surface area contributed by atoms with Crippen LogP contribution in [0.4, 0.5) is 0 Å². The van der Waals surface area contributed by atoms with Crippen molar-refractivity contribution >= 4 is 10.8 Å². The largest absolute Gasteiger partial charge is 0.385 e. The molecule has 0 aromatic heterocycles. The van der Waals surface area contributed by atoms with Gasteiger partial charge in [-0.3, -0.25) is 4.21 Å². The Morgan fingerprint density at radius 3 is 2.50 bits per heavy atom. The van der Waals surface area contributed by atoms with Crippen LogP contribution in [-0.2, 0) is 15.5 Å². The van der Waals surface area contributed by atoms with Crippen molar-refractivity contribution in [3.8, 4) is 0 Å². The van der Waals surface area contributed by atoms with Gasteiger partial charge in [0.15, 0.2) is 0 Å². The summed E-state index contributed by atoms with van der Waals surface area (Å²) < 4.78 is 15.9. The molecule has 86 valence electrons. The topological polar surface area (TPSA) is 38.3 Å². The zero-order valence-electron chi connectivity index (χ0n) is 9.71. The lowest BCUT2D eigenvalue weighted by Gasteiger charge is -2.21. The summed E-state index contributed by atoms with van der Waals surface area (Å²) in [6.07, 6.45) is 2.76. The van der Waals surface area contributed by atoms with Gasteiger partial charge >= 0.3 is 0 Å². The van der Waals surface area contributed by atoms with Gasteiger partial charge < -0.3 is 10.1 Å². The molecule has 0 radical (unpaired) electrons. The Morgan fingerprint density at radius 2 is 2.07 bits per heavy atom. The van der Waals surface area contributed by atoms with Gasteiger partial charge in [0.05, 0.1) is 0 Å². The maximum absolute atomic E-state index is 10.9. The average molecular weight is 221 g/mol. The highest BCUT2D eigenvalue weighted by Crippen LogP contribution is 2.05. The van der Waals surface area contributed by atoms with Crippen molar-refractivity contribution in [1.82, 2.24) is 5.32 Å². The lowest BCUT2D eigenvalue weighted by atomic mass is 10.0. The molecule has 0 aromatic carbocycles. The summed E-state index contributed by atoms with van der Waals surface area (Å²) in [6, 6.07) is 0.471. The molecule has 3 nitrogen and oxygen atoms in total. The molecule has 0 aliphatic rings. The van der Waals surface area contributed by atoms with Crippen molar-refractivity contribution < 1.29 is 8.95 Å². The molecule has 4 heteroatoms. The summed E-state index contributed by atoms with van der Waals surface area (Å²) in [5.74, 6) is 1.33. The molecule has 2 atom stereocenters. The van der Waals surface area contributed by atoms with Gasteiger partial charge in [-0.05, 0) is 12.3 Å². The third-order valence-electron chi connectivity index (χ3n) is 2.23. The molecule has 0 fully saturated rings. The highest BCUT2D eigenvalue weighted by Gasteiger charge is 2.11. The molecule has 0 amide bonds. The van der Waals surface area contributed by atoms with Crippen LogP contribution in [0.15, 0.2) is 0 Å². The summed E-state index contributed by atoms with van der Waals surface area (Å²) in [6.45, 7) is 5.99. The van der Waals surface area contributed by atoms with Gasteiger partial charge in [0, 0.05) is 49.1 Å². The zero-order chi connectivity index (χ0) is 11.0. The van der Waals surface area contributed by atoms with Gasteiger partial charge in [0.1, 0.15) is 0 Å². The lowest BCUT2D eigenvalue weighted by Crippen LogP contribution is -2.37. The second-order valence-electron chi connectivity index (χ2n) is 3.86. The molecule has 14 heavy (non-hydrogen) atoms. The fraction of sp³-hybridized carbons (Fsp3) is 1.00. The van der Waals surface area contributed by atoms with E-state index in [0.29, 0.717) is 12.0 Å². The molecule has 0 spiro atoms. The monoisotopic (exact) mass is 221 g/mol. The molecule has 0 saturated carbocycles. The molecule has 0 bridgehead atoms. The van der Waals surface area contributed by atoms with Crippen molar-refractivity contribution in [2.75, 3.05) is 32.3 Å². The second-order valence-corrected chi connectivity index (χ2v) is 5.42. The Kier molecular flexibility index (Phi) is 8.43. The van der Waals surface area contributed by atoms with Crippen LogP contribution in [0.2, 0.25) is 0 Å². The number of rotatable bonds is 8. The lowest BCUT2D eigenvalue weighted by molar-refractivity contribution is 0.174. The van der Waals surface area contributed by atoms with Crippen molar-refractivity contribution in [3.05, 3.63) is 0 Å². The van der Waals surface area contributed by atoms with E-state index in [0.717, 1.165) is 25.3 Å². The Labute approximate surface area is 90.1 Å². The fourth-order valence-corrected chi connectivity index (χ4v) is 1.71. The minimum atomic E-state index is -0.695. The quantitative estimate of drug-likeness (QED) is 0.665. The Hall–Kier alpha value is 0.0700. The minimum absolute atomic E-state index is 0.471. The first-order chi connectivity index (χ1) is 6.57. The molecule has 0 aliphatic heterocycles. The van der Waals surface area contributed by atoms with Gasteiger partial charge in [-0.1, -0.05) is 13.8 Å². The number of hydrogen-bond acceptors (Lipinski definition) is 3. The second kappa shape index (κ2) is 8.38. The summed E-state index contributed by atoms with van der Waals surface area (Å²) in [5, 5.41) is 3.41.